The predicted molar refractivity (Wildman–Crippen MR) is 95.8 cm³/mol. The minimum Gasteiger partial charge on any atom is -0.504 e. The summed E-state index contributed by atoms with van der Waals surface area (Å²) in [5, 5.41) is 10.3. The van der Waals surface area contributed by atoms with Crippen molar-refractivity contribution in [2.45, 2.75) is 6.29 Å². The van der Waals surface area contributed by atoms with Gasteiger partial charge in [0.25, 0.3) is 0 Å². The van der Waals surface area contributed by atoms with Crippen LogP contribution in [0.3, 0.4) is 0 Å². The molecule has 1 aliphatic heterocycles. The summed E-state index contributed by atoms with van der Waals surface area (Å²) in [6, 6.07) is 2.95. The Morgan fingerprint density at radius 1 is 1.07 bits per heavy atom. The second kappa shape index (κ2) is 9.40. The quantitative estimate of drug-likeness (QED) is 0.530. The van der Waals surface area contributed by atoms with Crippen molar-refractivity contribution in [3.05, 3.63) is 29.0 Å². The number of carbonyl (C=O) groups excluding carboxylic acids is 2. The molecule has 0 aromatic heterocycles. The molecule has 0 amide bonds. The Hall–Kier alpha value is -2.82. The number of aromatic hydroxyl groups is 1. The van der Waals surface area contributed by atoms with Crippen molar-refractivity contribution < 1.29 is 43.1 Å². The van der Waals surface area contributed by atoms with Crippen LogP contribution in [0.2, 0.25) is 0 Å². The average molecular weight is 397 g/mol. The maximum absolute atomic E-state index is 12.5. The van der Waals surface area contributed by atoms with E-state index in [2.05, 4.69) is 0 Å². The van der Waals surface area contributed by atoms with Crippen molar-refractivity contribution in [3.8, 4) is 11.5 Å². The summed E-state index contributed by atoms with van der Waals surface area (Å²) in [6.45, 7) is -0.278. The molecule has 0 saturated carbocycles. The maximum atomic E-state index is 12.5. The summed E-state index contributed by atoms with van der Waals surface area (Å²) < 4.78 is 31.1. The highest BCUT2D eigenvalue weighted by Gasteiger charge is 2.36. The summed E-state index contributed by atoms with van der Waals surface area (Å²) >= 11 is 0. The monoisotopic (exact) mass is 397 g/mol. The predicted octanol–water partition coefficient (Wildman–Crippen LogP) is 1.09. The number of phenols is 1. The lowest BCUT2D eigenvalue weighted by molar-refractivity contribution is -0.140. The van der Waals surface area contributed by atoms with E-state index in [4.69, 9.17) is 28.4 Å². The Labute approximate surface area is 162 Å². The van der Waals surface area contributed by atoms with Crippen LogP contribution in [0.5, 0.6) is 11.5 Å². The molecule has 0 radical (unpaired) electrons. The number of hydrogen-bond donors (Lipinski definition) is 1. The molecule has 2 rings (SSSR count). The number of anilines is 1. The lowest BCUT2D eigenvalue weighted by Gasteiger charge is -2.34. The van der Waals surface area contributed by atoms with Crippen LogP contribution in [0.25, 0.3) is 0 Å². The second-order valence-corrected chi connectivity index (χ2v) is 5.58. The molecule has 1 aliphatic rings. The highest BCUT2D eigenvalue weighted by molar-refractivity contribution is 6.04. The van der Waals surface area contributed by atoms with Crippen LogP contribution in [0, 0.1) is 0 Å². The van der Waals surface area contributed by atoms with Crippen LogP contribution < -0.4 is 9.64 Å². The van der Waals surface area contributed by atoms with Gasteiger partial charge in [-0.15, -0.1) is 0 Å². The van der Waals surface area contributed by atoms with Gasteiger partial charge in [-0.05, 0) is 12.1 Å². The first kappa shape index (κ1) is 21.5. The molecule has 0 aliphatic carbocycles. The molecule has 0 atom stereocenters. The summed E-state index contributed by atoms with van der Waals surface area (Å²) in [5.74, 6) is -1.69. The minimum absolute atomic E-state index is 0.0349. The lowest BCUT2D eigenvalue weighted by Crippen LogP contribution is -2.39. The van der Waals surface area contributed by atoms with Crippen LogP contribution in [-0.2, 0) is 33.3 Å². The fourth-order valence-electron chi connectivity index (χ4n) is 2.92. The van der Waals surface area contributed by atoms with Crippen LogP contribution in [0.15, 0.2) is 23.4 Å². The van der Waals surface area contributed by atoms with Crippen LogP contribution in [0.4, 0.5) is 5.69 Å². The zero-order valence-electron chi connectivity index (χ0n) is 16.3. The number of carbonyl (C=O) groups is 2. The molecule has 1 aromatic carbocycles. The zero-order chi connectivity index (χ0) is 20.8. The summed E-state index contributed by atoms with van der Waals surface area (Å²) in [5.41, 5.74) is 0.508. The molecule has 1 N–H and O–H groups in total. The van der Waals surface area contributed by atoms with Gasteiger partial charge in [0.1, 0.15) is 12.4 Å². The molecule has 1 aromatic rings. The van der Waals surface area contributed by atoms with E-state index in [1.54, 1.807) is 6.07 Å². The number of methoxy groups -OCH3 is 5. The number of hydrogen-bond acceptors (Lipinski definition) is 10. The first-order chi connectivity index (χ1) is 13.4. The van der Waals surface area contributed by atoms with E-state index >= 15 is 0 Å². The van der Waals surface area contributed by atoms with Gasteiger partial charge in [0.05, 0.1) is 39.2 Å². The van der Waals surface area contributed by atoms with E-state index in [1.807, 2.05) is 0 Å². The maximum Gasteiger partial charge on any atom is 0.355 e. The smallest absolute Gasteiger partial charge is 0.355 e. The molecule has 0 spiro atoms. The summed E-state index contributed by atoms with van der Waals surface area (Å²) in [6.07, 6.45) is -0.855. The van der Waals surface area contributed by atoms with Gasteiger partial charge >= 0.3 is 11.9 Å². The van der Waals surface area contributed by atoms with Crippen LogP contribution in [-0.4, -0.2) is 65.9 Å². The van der Waals surface area contributed by atoms with Crippen LogP contribution in [0.1, 0.15) is 11.9 Å². The molecule has 154 valence electrons. The molecule has 28 heavy (non-hydrogen) atoms. The number of ether oxygens (including phenoxy) is 6. The molecule has 1 heterocycles. The van der Waals surface area contributed by atoms with Crippen LogP contribution >= 0.6 is 0 Å². The molecule has 10 nitrogen and oxygen atoms in total. The fraction of sp³-hybridized carbons (Fsp3) is 0.444. The van der Waals surface area contributed by atoms with Gasteiger partial charge in [0.15, 0.2) is 17.8 Å². The second-order valence-electron chi connectivity index (χ2n) is 5.58. The Kier molecular flexibility index (Phi) is 7.21. The Bertz CT molecular complexity index is 771. The molecular weight excluding hydrogens is 374 g/mol. The van der Waals surface area contributed by atoms with Crippen molar-refractivity contribution in [2.24, 2.45) is 0 Å². The third kappa shape index (κ3) is 3.88. The van der Waals surface area contributed by atoms with Crippen molar-refractivity contribution in [2.75, 3.05) is 53.8 Å². The van der Waals surface area contributed by atoms with Gasteiger partial charge in [-0.25, -0.2) is 9.59 Å². The number of esters is 2. The van der Waals surface area contributed by atoms with Crippen molar-refractivity contribution in [1.29, 1.82) is 0 Å². The van der Waals surface area contributed by atoms with E-state index in [0.717, 1.165) is 0 Å². The first-order valence-electron chi connectivity index (χ1n) is 8.15. The van der Waals surface area contributed by atoms with E-state index < -0.39 is 18.2 Å². The van der Waals surface area contributed by atoms with Crippen molar-refractivity contribution in [1.82, 2.24) is 0 Å². The number of nitrogens with zero attached hydrogens (tertiary/aromatic N) is 1. The van der Waals surface area contributed by atoms with E-state index in [-0.39, 0.29) is 41.8 Å². The highest BCUT2D eigenvalue weighted by atomic mass is 16.7. The Balaban J connectivity index is 2.81. The Morgan fingerprint density at radius 2 is 1.71 bits per heavy atom. The van der Waals surface area contributed by atoms with E-state index in [0.29, 0.717) is 5.56 Å². The van der Waals surface area contributed by atoms with Gasteiger partial charge in [-0.2, -0.15) is 0 Å². The van der Waals surface area contributed by atoms with E-state index in [9.17, 15) is 14.7 Å². The normalized spacial score (nSPS) is 14.3. The third-order valence-electron chi connectivity index (χ3n) is 4.13. The van der Waals surface area contributed by atoms with Gasteiger partial charge in [0, 0.05) is 19.8 Å². The molecule has 0 unspecified atom stereocenters. The third-order valence-corrected chi connectivity index (χ3v) is 4.13. The van der Waals surface area contributed by atoms with Gasteiger partial charge < -0.3 is 38.4 Å². The Morgan fingerprint density at radius 3 is 2.25 bits per heavy atom. The molecule has 0 fully saturated rings. The molecule has 10 heteroatoms. The van der Waals surface area contributed by atoms with Gasteiger partial charge in [-0.3, -0.25) is 0 Å². The number of rotatable bonds is 7. The topological polar surface area (TPSA) is 113 Å². The summed E-state index contributed by atoms with van der Waals surface area (Å²) in [7, 11) is 6.59. The number of benzene rings is 1. The SMILES string of the molecule is COC(=O)C1=C(C(=O)OC)N(c2c(C(OC)OC)ccc(O)c2OC)COC1. The number of phenolic OH excluding ortho intramolecular Hbond substituents is 1. The first-order valence-corrected chi connectivity index (χ1v) is 8.15. The van der Waals surface area contributed by atoms with Crippen molar-refractivity contribution in [3.63, 3.8) is 0 Å². The van der Waals surface area contributed by atoms with Gasteiger partial charge in [0.2, 0.25) is 0 Å². The summed E-state index contributed by atoms with van der Waals surface area (Å²) in [4.78, 5) is 26.1. The van der Waals surface area contributed by atoms with E-state index in [1.165, 1.54) is 46.5 Å². The molecular formula is C18H23NO9. The van der Waals surface area contributed by atoms with Gasteiger partial charge in [-0.1, -0.05) is 0 Å². The largest absolute Gasteiger partial charge is 0.504 e. The lowest BCUT2D eigenvalue weighted by atomic mass is 10.1. The molecule has 0 bridgehead atoms. The highest BCUT2D eigenvalue weighted by Crippen LogP contribution is 2.45. The minimum atomic E-state index is -0.855. The average Bonchev–Trinajstić information content (AvgIpc) is 2.73. The van der Waals surface area contributed by atoms with Crippen molar-refractivity contribution >= 4 is 17.6 Å². The fourth-order valence-corrected chi connectivity index (χ4v) is 2.92. The molecule has 0 saturated heterocycles. The zero-order valence-corrected chi connectivity index (χ0v) is 16.3. The standard InChI is InChI=1S/C18H23NO9/c1-23-15-12(20)7-6-10(18(26-4)27-5)13(15)19-9-28-8-11(16(21)24-2)14(19)17(22)25-3/h6-7,18,20H,8-9H2,1-5H3.